The van der Waals surface area contributed by atoms with Gasteiger partial charge in [-0.25, -0.2) is 15.0 Å². The lowest BCUT2D eigenvalue weighted by molar-refractivity contribution is -0.0855. The Kier molecular flexibility index (Phi) is 7.59. The van der Waals surface area contributed by atoms with Gasteiger partial charge in [0.25, 0.3) is 5.91 Å². The van der Waals surface area contributed by atoms with Gasteiger partial charge in [0.2, 0.25) is 0 Å². The molecule has 2 aromatic heterocycles. The SMILES string of the molecule is Cc1cc(Nc2nc(C(=O)NC[C@H]3COCCO3)cs2)nc([C@H]2CCCN(CC#N)C2)n1. The number of nitriles is 1. The molecule has 2 aliphatic heterocycles. The van der Waals surface area contributed by atoms with E-state index in [-0.39, 0.29) is 17.9 Å². The van der Waals surface area contributed by atoms with Gasteiger partial charge < -0.3 is 20.1 Å². The molecule has 2 saturated heterocycles. The van der Waals surface area contributed by atoms with Gasteiger partial charge in [-0.05, 0) is 26.3 Å². The highest BCUT2D eigenvalue weighted by Crippen LogP contribution is 2.27. The summed E-state index contributed by atoms with van der Waals surface area (Å²) in [7, 11) is 0. The number of ether oxygens (including phenoxy) is 2. The second-order valence-electron chi connectivity index (χ2n) is 7.93. The van der Waals surface area contributed by atoms with E-state index in [9.17, 15) is 4.79 Å². The fraction of sp³-hybridized carbons (Fsp3) is 0.571. The highest BCUT2D eigenvalue weighted by molar-refractivity contribution is 7.14. The van der Waals surface area contributed by atoms with Crippen molar-refractivity contribution < 1.29 is 14.3 Å². The summed E-state index contributed by atoms with van der Waals surface area (Å²) >= 11 is 1.34. The molecule has 0 unspecified atom stereocenters. The maximum atomic E-state index is 12.4. The second kappa shape index (κ2) is 10.8. The van der Waals surface area contributed by atoms with E-state index < -0.39 is 0 Å². The Labute approximate surface area is 191 Å². The summed E-state index contributed by atoms with van der Waals surface area (Å²) in [4.78, 5) is 28.3. The molecule has 2 fully saturated rings. The predicted octanol–water partition coefficient (Wildman–Crippen LogP) is 1.83. The predicted molar refractivity (Wildman–Crippen MR) is 119 cm³/mol. The zero-order chi connectivity index (χ0) is 22.3. The van der Waals surface area contributed by atoms with Gasteiger partial charge in [0.05, 0.1) is 38.5 Å². The van der Waals surface area contributed by atoms with Crippen LogP contribution in [0.15, 0.2) is 11.4 Å². The molecular formula is C21H27N7O3S. The molecule has 2 aliphatic rings. The first-order chi connectivity index (χ1) is 15.6. The fourth-order valence-electron chi connectivity index (χ4n) is 3.84. The first-order valence-electron chi connectivity index (χ1n) is 10.8. The van der Waals surface area contributed by atoms with E-state index in [0.29, 0.717) is 49.6 Å². The number of anilines is 2. The van der Waals surface area contributed by atoms with E-state index in [2.05, 4.69) is 31.6 Å². The fourth-order valence-corrected chi connectivity index (χ4v) is 4.54. The maximum Gasteiger partial charge on any atom is 0.270 e. The van der Waals surface area contributed by atoms with Gasteiger partial charge in [0, 0.05) is 36.1 Å². The van der Waals surface area contributed by atoms with E-state index >= 15 is 0 Å². The summed E-state index contributed by atoms with van der Waals surface area (Å²) < 4.78 is 10.9. The number of thiazole rings is 1. The first-order valence-corrected chi connectivity index (χ1v) is 11.6. The molecule has 2 aromatic rings. The number of rotatable bonds is 7. The lowest BCUT2D eigenvalue weighted by Gasteiger charge is -2.30. The Morgan fingerprint density at radius 3 is 3.09 bits per heavy atom. The molecule has 1 amide bonds. The highest BCUT2D eigenvalue weighted by atomic mass is 32.1. The molecule has 2 N–H and O–H groups in total. The number of aromatic nitrogens is 3. The lowest BCUT2D eigenvalue weighted by Crippen LogP contribution is -2.39. The molecule has 11 heteroatoms. The molecule has 2 atom stereocenters. The largest absolute Gasteiger partial charge is 0.376 e. The average molecular weight is 458 g/mol. The van der Waals surface area contributed by atoms with E-state index in [1.165, 1.54) is 11.3 Å². The zero-order valence-corrected chi connectivity index (χ0v) is 18.9. The quantitative estimate of drug-likeness (QED) is 0.599. The van der Waals surface area contributed by atoms with Crippen LogP contribution < -0.4 is 10.6 Å². The molecular weight excluding hydrogens is 430 g/mol. The smallest absolute Gasteiger partial charge is 0.270 e. The number of hydrogen-bond acceptors (Lipinski definition) is 10. The van der Waals surface area contributed by atoms with Gasteiger partial charge in [-0.1, -0.05) is 0 Å². The van der Waals surface area contributed by atoms with Crippen molar-refractivity contribution in [1.29, 1.82) is 5.26 Å². The maximum absolute atomic E-state index is 12.4. The van der Waals surface area contributed by atoms with E-state index in [0.717, 1.165) is 37.4 Å². The highest BCUT2D eigenvalue weighted by Gasteiger charge is 2.24. The Morgan fingerprint density at radius 1 is 1.38 bits per heavy atom. The van der Waals surface area contributed by atoms with Crippen molar-refractivity contribution in [2.24, 2.45) is 0 Å². The summed E-state index contributed by atoms with van der Waals surface area (Å²) in [6.07, 6.45) is 1.90. The number of carbonyl (C=O) groups excluding carboxylic acids is 1. The Morgan fingerprint density at radius 2 is 2.28 bits per heavy atom. The third kappa shape index (κ3) is 5.98. The van der Waals surface area contributed by atoms with Crippen molar-refractivity contribution in [3.63, 3.8) is 0 Å². The normalized spacial score (nSPS) is 21.6. The molecule has 10 nitrogen and oxygen atoms in total. The van der Waals surface area contributed by atoms with Crippen LogP contribution in [0.2, 0.25) is 0 Å². The monoisotopic (exact) mass is 457 g/mol. The van der Waals surface area contributed by atoms with Crippen molar-refractivity contribution in [2.45, 2.75) is 31.8 Å². The molecule has 170 valence electrons. The van der Waals surface area contributed by atoms with Crippen molar-refractivity contribution in [3.05, 3.63) is 28.7 Å². The number of aryl methyl sites for hydroxylation is 1. The lowest BCUT2D eigenvalue weighted by atomic mass is 9.97. The van der Waals surface area contributed by atoms with Crippen LogP contribution in [-0.2, 0) is 9.47 Å². The number of amides is 1. The minimum absolute atomic E-state index is 0.129. The molecule has 0 bridgehead atoms. The van der Waals surface area contributed by atoms with Crippen LogP contribution in [0.5, 0.6) is 0 Å². The minimum atomic E-state index is -0.247. The van der Waals surface area contributed by atoms with Crippen LogP contribution in [0, 0.1) is 18.3 Å². The Hall–Kier alpha value is -2.65. The molecule has 4 rings (SSSR count). The standard InChI is InChI=1S/C21H27N7O3S/c1-14-9-18(26-19(24-14)15-3-2-5-28(11-15)6-4-22)27-21-25-17(13-32-21)20(29)23-10-16-12-30-7-8-31-16/h9,13,15-16H,2-3,5-8,10-12H2,1H3,(H,23,29)(H,24,25,26,27)/t15-,16-/m0/s1. The minimum Gasteiger partial charge on any atom is -0.376 e. The second-order valence-corrected chi connectivity index (χ2v) is 8.78. The summed E-state index contributed by atoms with van der Waals surface area (Å²) in [6.45, 7) is 6.09. The third-order valence-electron chi connectivity index (χ3n) is 5.38. The average Bonchev–Trinajstić information content (AvgIpc) is 3.27. The van der Waals surface area contributed by atoms with Crippen molar-refractivity contribution >= 4 is 28.2 Å². The molecule has 4 heterocycles. The van der Waals surface area contributed by atoms with Gasteiger partial charge in [0.15, 0.2) is 5.13 Å². The number of hydrogen-bond donors (Lipinski definition) is 2. The van der Waals surface area contributed by atoms with Gasteiger partial charge in [-0.15, -0.1) is 11.3 Å². The molecule has 0 aliphatic carbocycles. The summed E-state index contributed by atoms with van der Waals surface area (Å²) in [5, 5.41) is 17.3. The molecule has 0 radical (unpaired) electrons. The van der Waals surface area contributed by atoms with E-state index in [1.54, 1.807) is 5.38 Å². The van der Waals surface area contributed by atoms with Crippen molar-refractivity contribution in [1.82, 2.24) is 25.2 Å². The van der Waals surface area contributed by atoms with Crippen LogP contribution >= 0.6 is 11.3 Å². The van der Waals surface area contributed by atoms with Crippen LogP contribution in [-0.4, -0.2) is 77.9 Å². The van der Waals surface area contributed by atoms with Crippen LogP contribution in [0.3, 0.4) is 0 Å². The summed E-state index contributed by atoms with van der Waals surface area (Å²) in [6, 6.07) is 4.09. The number of nitrogens with zero attached hydrogens (tertiary/aromatic N) is 5. The first kappa shape index (κ1) is 22.5. The van der Waals surface area contributed by atoms with Crippen LogP contribution in [0.4, 0.5) is 10.9 Å². The van der Waals surface area contributed by atoms with Crippen LogP contribution in [0.1, 0.15) is 40.8 Å². The summed E-state index contributed by atoms with van der Waals surface area (Å²) in [5.74, 6) is 1.38. The van der Waals surface area contributed by atoms with Crippen LogP contribution in [0.25, 0.3) is 0 Å². The zero-order valence-electron chi connectivity index (χ0n) is 18.0. The Balaban J connectivity index is 1.37. The number of piperidine rings is 1. The topological polar surface area (TPSA) is 125 Å². The van der Waals surface area contributed by atoms with Crippen molar-refractivity contribution in [3.8, 4) is 6.07 Å². The van der Waals surface area contributed by atoms with Gasteiger partial charge >= 0.3 is 0 Å². The van der Waals surface area contributed by atoms with Gasteiger partial charge in [0.1, 0.15) is 17.3 Å². The number of likely N-dealkylation sites (tertiary alicyclic amines) is 1. The molecule has 0 saturated carbocycles. The van der Waals surface area contributed by atoms with Gasteiger partial charge in [-0.3, -0.25) is 9.69 Å². The Bertz CT molecular complexity index is 971. The number of nitrogens with one attached hydrogen (secondary N) is 2. The van der Waals surface area contributed by atoms with Gasteiger partial charge in [-0.2, -0.15) is 5.26 Å². The van der Waals surface area contributed by atoms with E-state index in [1.807, 2.05) is 13.0 Å². The van der Waals surface area contributed by atoms with E-state index in [4.69, 9.17) is 19.7 Å². The summed E-state index contributed by atoms with van der Waals surface area (Å²) in [5.41, 5.74) is 1.21. The third-order valence-corrected chi connectivity index (χ3v) is 6.14. The molecule has 0 spiro atoms. The van der Waals surface area contributed by atoms with Crippen molar-refractivity contribution in [2.75, 3.05) is 51.3 Å². The number of carbonyl (C=O) groups is 1. The molecule has 32 heavy (non-hydrogen) atoms. The molecule has 0 aromatic carbocycles.